The molecule has 4 rings (SSSR count). The zero-order chi connectivity index (χ0) is 23.9. The first kappa shape index (κ1) is 22.7. The van der Waals surface area contributed by atoms with Gasteiger partial charge in [0.05, 0.1) is 14.2 Å². The summed E-state index contributed by atoms with van der Waals surface area (Å²) in [7, 11) is 4.91. The Bertz CT molecular complexity index is 1440. The second-order valence-corrected chi connectivity index (χ2v) is 8.80. The molecule has 0 atom stereocenters. The van der Waals surface area contributed by atoms with Crippen LogP contribution in [0.15, 0.2) is 34.0 Å². The molecule has 1 aromatic carbocycles. The van der Waals surface area contributed by atoms with E-state index in [1.165, 1.54) is 9.13 Å². The number of nitrogens with zero attached hydrogens (tertiary/aromatic N) is 5. The summed E-state index contributed by atoms with van der Waals surface area (Å²) < 4.78 is 17.4. The van der Waals surface area contributed by atoms with Crippen LogP contribution in [0.5, 0.6) is 11.5 Å². The summed E-state index contributed by atoms with van der Waals surface area (Å²) in [6.45, 7) is 7.20. The highest BCUT2D eigenvalue weighted by Gasteiger charge is 2.20. The molecule has 0 amide bonds. The molecule has 33 heavy (non-hydrogen) atoms. The first-order valence-electron chi connectivity index (χ1n) is 11.2. The summed E-state index contributed by atoms with van der Waals surface area (Å²) in [5.41, 5.74) is 2.30. The summed E-state index contributed by atoms with van der Waals surface area (Å²) in [4.78, 5) is 30.8. The Morgan fingerprint density at radius 3 is 2.42 bits per heavy atom. The fourth-order valence-electron chi connectivity index (χ4n) is 4.19. The second kappa shape index (κ2) is 8.80. The third-order valence-electron chi connectivity index (χ3n) is 6.14. The highest BCUT2D eigenvalue weighted by atomic mass is 16.5. The summed E-state index contributed by atoms with van der Waals surface area (Å²) >= 11 is 0. The molecule has 176 valence electrons. The fourth-order valence-corrected chi connectivity index (χ4v) is 4.19. The van der Waals surface area contributed by atoms with E-state index in [0.717, 1.165) is 24.1 Å². The maximum atomic E-state index is 13.3. The molecule has 0 saturated carbocycles. The molecule has 4 aromatic rings. The maximum Gasteiger partial charge on any atom is 0.332 e. The fraction of sp³-hybridized carbons (Fsp3) is 0.458. The third-order valence-corrected chi connectivity index (χ3v) is 6.14. The lowest BCUT2D eigenvalue weighted by molar-refractivity contribution is 0.354. The lowest BCUT2D eigenvalue weighted by Gasteiger charge is -2.10. The van der Waals surface area contributed by atoms with E-state index < -0.39 is 0 Å². The van der Waals surface area contributed by atoms with Gasteiger partial charge in [-0.1, -0.05) is 19.9 Å². The molecule has 0 fully saturated rings. The second-order valence-electron chi connectivity index (χ2n) is 8.80. The average Bonchev–Trinajstić information content (AvgIpc) is 3.30. The van der Waals surface area contributed by atoms with Gasteiger partial charge in [-0.05, 0) is 43.4 Å². The number of methoxy groups -OCH3 is 2. The van der Waals surface area contributed by atoms with E-state index >= 15 is 0 Å². The monoisotopic (exact) mass is 453 g/mol. The molecule has 0 spiro atoms. The van der Waals surface area contributed by atoms with E-state index in [0.29, 0.717) is 47.4 Å². The molecule has 9 heteroatoms. The van der Waals surface area contributed by atoms with Crippen molar-refractivity contribution in [1.29, 1.82) is 0 Å². The predicted molar refractivity (Wildman–Crippen MR) is 128 cm³/mol. The number of hydrogen-bond acceptors (Lipinski definition) is 5. The van der Waals surface area contributed by atoms with Gasteiger partial charge in [-0.15, -0.1) is 0 Å². The molecule has 0 unspecified atom stereocenters. The quantitative estimate of drug-likeness (QED) is 0.410. The van der Waals surface area contributed by atoms with Crippen molar-refractivity contribution < 1.29 is 9.47 Å². The normalized spacial score (nSPS) is 11.7. The molecule has 0 N–H and O–H groups in total. The molecule has 0 aliphatic carbocycles. The van der Waals surface area contributed by atoms with Gasteiger partial charge in [0.25, 0.3) is 5.56 Å². The Balaban J connectivity index is 1.76. The number of aromatic nitrogens is 5. The van der Waals surface area contributed by atoms with Crippen molar-refractivity contribution in [1.82, 2.24) is 23.1 Å². The predicted octanol–water partition coefficient (Wildman–Crippen LogP) is 2.76. The first-order chi connectivity index (χ1) is 15.8. The van der Waals surface area contributed by atoms with Gasteiger partial charge in [0.15, 0.2) is 22.7 Å². The van der Waals surface area contributed by atoms with Crippen LogP contribution in [0.4, 0.5) is 0 Å². The molecule has 0 radical (unpaired) electrons. The Morgan fingerprint density at radius 2 is 1.76 bits per heavy atom. The molecule has 3 aromatic heterocycles. The Hall–Kier alpha value is -3.49. The van der Waals surface area contributed by atoms with Gasteiger partial charge in [-0.2, -0.15) is 4.98 Å². The Kier molecular flexibility index (Phi) is 6.05. The zero-order valence-electron chi connectivity index (χ0n) is 20.1. The minimum atomic E-state index is -0.331. The van der Waals surface area contributed by atoms with Gasteiger partial charge in [0, 0.05) is 32.0 Å². The first-order valence-corrected chi connectivity index (χ1v) is 11.2. The Morgan fingerprint density at radius 1 is 1.03 bits per heavy atom. The zero-order valence-corrected chi connectivity index (χ0v) is 20.1. The largest absolute Gasteiger partial charge is 0.493 e. The molecule has 0 aliphatic heterocycles. The van der Waals surface area contributed by atoms with E-state index in [-0.39, 0.29) is 11.2 Å². The highest BCUT2D eigenvalue weighted by Crippen LogP contribution is 2.28. The number of rotatable bonds is 8. The van der Waals surface area contributed by atoms with Crippen LogP contribution in [-0.2, 0) is 26.6 Å². The average molecular weight is 454 g/mol. The van der Waals surface area contributed by atoms with Crippen molar-refractivity contribution in [2.24, 2.45) is 13.0 Å². The SMILES string of the molecule is COc1ccc(CCn2c(C)cn3c4c(=O)n(CCC(C)C)c(=O)n(C)c4nc23)cc1OC. The number of benzene rings is 1. The number of hydrogen-bond donors (Lipinski definition) is 0. The van der Waals surface area contributed by atoms with Crippen LogP contribution in [0.1, 0.15) is 31.5 Å². The number of imidazole rings is 2. The number of fused-ring (bicyclic) bond motifs is 3. The summed E-state index contributed by atoms with van der Waals surface area (Å²) in [5.74, 6) is 2.42. The summed E-state index contributed by atoms with van der Waals surface area (Å²) in [6, 6.07) is 5.87. The molecule has 9 nitrogen and oxygen atoms in total. The smallest absolute Gasteiger partial charge is 0.332 e. The van der Waals surface area contributed by atoms with Gasteiger partial charge >= 0.3 is 5.69 Å². The van der Waals surface area contributed by atoms with Crippen molar-refractivity contribution in [3.8, 4) is 11.5 Å². The van der Waals surface area contributed by atoms with Gasteiger partial charge in [-0.3, -0.25) is 18.3 Å². The van der Waals surface area contributed by atoms with E-state index in [1.54, 1.807) is 21.3 Å². The van der Waals surface area contributed by atoms with Crippen LogP contribution in [0.3, 0.4) is 0 Å². The minimum absolute atomic E-state index is 0.293. The topological polar surface area (TPSA) is 84.7 Å². The van der Waals surface area contributed by atoms with Crippen molar-refractivity contribution >= 4 is 16.9 Å². The van der Waals surface area contributed by atoms with Crippen LogP contribution < -0.4 is 20.7 Å². The minimum Gasteiger partial charge on any atom is -0.493 e. The lowest BCUT2D eigenvalue weighted by Crippen LogP contribution is -2.39. The van der Waals surface area contributed by atoms with Gasteiger partial charge in [-0.25, -0.2) is 4.79 Å². The van der Waals surface area contributed by atoms with Crippen LogP contribution in [0.2, 0.25) is 0 Å². The number of ether oxygens (including phenoxy) is 2. The molecular weight excluding hydrogens is 422 g/mol. The molecule has 0 saturated heterocycles. The lowest BCUT2D eigenvalue weighted by atomic mass is 10.1. The van der Waals surface area contributed by atoms with Crippen molar-refractivity contribution in [2.45, 2.75) is 46.7 Å². The molecule has 0 aliphatic rings. The summed E-state index contributed by atoms with van der Waals surface area (Å²) in [6.07, 6.45) is 3.41. The van der Waals surface area contributed by atoms with E-state index in [1.807, 2.05) is 35.7 Å². The van der Waals surface area contributed by atoms with E-state index in [2.05, 4.69) is 18.4 Å². The van der Waals surface area contributed by atoms with Crippen LogP contribution in [-0.4, -0.2) is 37.3 Å². The molecular formula is C24H31N5O4. The van der Waals surface area contributed by atoms with Crippen LogP contribution >= 0.6 is 0 Å². The van der Waals surface area contributed by atoms with Crippen molar-refractivity contribution in [2.75, 3.05) is 14.2 Å². The summed E-state index contributed by atoms with van der Waals surface area (Å²) in [5, 5.41) is 0. The molecule has 0 bridgehead atoms. The van der Waals surface area contributed by atoms with Crippen LogP contribution in [0.25, 0.3) is 16.9 Å². The van der Waals surface area contributed by atoms with Gasteiger partial charge in [0.2, 0.25) is 5.78 Å². The van der Waals surface area contributed by atoms with Crippen LogP contribution in [0, 0.1) is 12.8 Å². The maximum absolute atomic E-state index is 13.3. The number of aryl methyl sites for hydroxylation is 4. The third kappa shape index (κ3) is 3.92. The van der Waals surface area contributed by atoms with Gasteiger partial charge < -0.3 is 14.0 Å². The van der Waals surface area contributed by atoms with E-state index in [4.69, 9.17) is 14.5 Å². The van der Waals surface area contributed by atoms with Crippen molar-refractivity contribution in [3.05, 3.63) is 56.5 Å². The van der Waals surface area contributed by atoms with E-state index in [9.17, 15) is 9.59 Å². The highest BCUT2D eigenvalue weighted by molar-refractivity contribution is 5.75. The molecule has 3 heterocycles. The van der Waals surface area contributed by atoms with Crippen molar-refractivity contribution in [3.63, 3.8) is 0 Å². The van der Waals surface area contributed by atoms with Gasteiger partial charge in [0.1, 0.15) is 0 Å². The standard InChI is InChI=1S/C24H31N5O4/c1-15(2)9-11-28-22(30)20-21(26(4)24(28)31)25-23-27(16(3)14-29(20)23)12-10-17-7-8-18(32-5)19(13-17)33-6/h7-8,13-15H,9-12H2,1-6H3. The Labute approximate surface area is 191 Å².